The molecule has 0 spiro atoms. The first-order valence-corrected chi connectivity index (χ1v) is 14.9. The van der Waals surface area contributed by atoms with E-state index < -0.39 is 17.9 Å². The Morgan fingerprint density at radius 3 is 2.02 bits per heavy atom. The first-order valence-electron chi connectivity index (χ1n) is 14.2. The minimum absolute atomic E-state index is 0.0623. The van der Waals surface area contributed by atoms with Crippen LogP contribution in [0.5, 0.6) is 0 Å². The van der Waals surface area contributed by atoms with Crippen molar-refractivity contribution in [2.45, 2.75) is 63.1 Å². The van der Waals surface area contributed by atoms with Gasteiger partial charge in [0.2, 0.25) is 5.91 Å². The quantitative estimate of drug-likeness (QED) is 0.491. The zero-order valence-corrected chi connectivity index (χ0v) is 25.6. The van der Waals surface area contributed by atoms with E-state index in [4.69, 9.17) is 32.7 Å². The van der Waals surface area contributed by atoms with E-state index in [1.54, 1.807) is 25.1 Å². The molecule has 41 heavy (non-hydrogen) atoms. The first kappa shape index (κ1) is 29.9. The van der Waals surface area contributed by atoms with Crippen molar-refractivity contribution >= 4 is 41.0 Å². The number of amides is 1. The number of piperazine rings is 1. The number of rotatable bonds is 6. The second-order valence-corrected chi connectivity index (χ2v) is 12.2. The molecule has 1 amide bonds. The van der Waals surface area contributed by atoms with E-state index in [9.17, 15) is 14.4 Å². The molecule has 0 saturated carbocycles. The fourth-order valence-electron chi connectivity index (χ4n) is 7.12. The molecule has 0 aliphatic carbocycles. The molecule has 1 aromatic carbocycles. The van der Waals surface area contributed by atoms with E-state index in [0.29, 0.717) is 48.2 Å². The maximum atomic E-state index is 13.6. The third-order valence-corrected chi connectivity index (χ3v) is 9.99. The Morgan fingerprint density at radius 1 is 0.902 bits per heavy atom. The maximum Gasteiger partial charge on any atom is 0.336 e. The third-order valence-electron chi connectivity index (χ3n) is 9.33. The van der Waals surface area contributed by atoms with Gasteiger partial charge in [0.1, 0.15) is 0 Å². The topological polar surface area (TPSA) is 91.4 Å². The van der Waals surface area contributed by atoms with Gasteiger partial charge in [-0.15, -0.1) is 0 Å². The van der Waals surface area contributed by atoms with Crippen molar-refractivity contribution in [3.63, 3.8) is 0 Å². The lowest BCUT2D eigenvalue weighted by Gasteiger charge is -2.45. The lowest BCUT2D eigenvalue weighted by molar-refractivity contribution is -0.137. The number of hydrogen-bond acceptors (Lipinski definition) is 8. The van der Waals surface area contributed by atoms with Crippen molar-refractivity contribution in [1.82, 2.24) is 20.0 Å². The molecule has 1 N–H and O–H groups in total. The van der Waals surface area contributed by atoms with Gasteiger partial charge in [-0.05, 0) is 51.8 Å². The summed E-state index contributed by atoms with van der Waals surface area (Å²) in [5.74, 6) is -2.40. The van der Waals surface area contributed by atoms with Gasteiger partial charge in [-0.2, -0.15) is 0 Å². The van der Waals surface area contributed by atoms with E-state index in [1.165, 1.54) is 39.9 Å². The number of methoxy groups -OCH3 is 2. The van der Waals surface area contributed by atoms with Gasteiger partial charge in [0.05, 0.1) is 37.7 Å². The number of benzene rings is 1. The predicted octanol–water partition coefficient (Wildman–Crippen LogP) is 3.71. The average Bonchev–Trinajstić information content (AvgIpc) is 3.15. The largest absolute Gasteiger partial charge is 0.466 e. The number of nitrogens with zero attached hydrogens (tertiary/aromatic N) is 3. The minimum atomic E-state index is -0.975. The summed E-state index contributed by atoms with van der Waals surface area (Å²) in [6.07, 6.45) is 4.90. The Balaban J connectivity index is 1.38. The van der Waals surface area contributed by atoms with E-state index in [1.807, 2.05) is 4.90 Å². The van der Waals surface area contributed by atoms with E-state index in [2.05, 4.69) is 22.2 Å². The summed E-state index contributed by atoms with van der Waals surface area (Å²) in [5.41, 5.74) is 1.49. The Morgan fingerprint density at radius 2 is 1.46 bits per heavy atom. The van der Waals surface area contributed by atoms with Crippen LogP contribution in [0.4, 0.5) is 0 Å². The van der Waals surface area contributed by atoms with Crippen molar-refractivity contribution in [2.24, 2.45) is 0 Å². The fourth-order valence-corrected chi connectivity index (χ4v) is 7.74. The summed E-state index contributed by atoms with van der Waals surface area (Å²) < 4.78 is 10.2. The molecular weight excluding hydrogens is 567 g/mol. The Bertz CT molecular complexity index is 1260. The molecular formula is C30H38Cl2N4O5. The van der Waals surface area contributed by atoms with Crippen molar-refractivity contribution in [3.05, 3.63) is 56.3 Å². The number of nitrogens with one attached hydrogen (secondary N) is 1. The number of piperidine rings is 1. The molecule has 0 aromatic heterocycles. The van der Waals surface area contributed by atoms with Crippen LogP contribution < -0.4 is 5.32 Å². The van der Waals surface area contributed by atoms with Crippen molar-refractivity contribution in [3.8, 4) is 0 Å². The Kier molecular flexibility index (Phi) is 8.99. The van der Waals surface area contributed by atoms with Crippen LogP contribution in [0.2, 0.25) is 10.0 Å². The number of halogens is 2. The Hall–Kier alpha value is -2.59. The van der Waals surface area contributed by atoms with Crippen LogP contribution in [0, 0.1) is 0 Å². The van der Waals surface area contributed by atoms with Crippen LogP contribution in [-0.4, -0.2) is 98.1 Å². The molecule has 3 unspecified atom stereocenters. The first-order chi connectivity index (χ1) is 19.6. The lowest BCUT2D eigenvalue weighted by Crippen LogP contribution is -2.56. The molecule has 0 radical (unpaired) electrons. The molecule has 2 bridgehead atoms. The molecule has 3 fully saturated rings. The van der Waals surface area contributed by atoms with Crippen LogP contribution in [0.3, 0.4) is 0 Å². The fraction of sp³-hybridized carbons (Fsp3) is 0.567. The average molecular weight is 606 g/mol. The van der Waals surface area contributed by atoms with Gasteiger partial charge in [-0.25, -0.2) is 9.59 Å². The SMILES string of the molecule is COC(=O)C1=C(C)NC(CC(=O)N2CCN(C3CC4CCC(C3)N4C)CC2)=C(C(=O)OC)C1c1c(Cl)cccc1Cl. The van der Waals surface area contributed by atoms with Crippen LogP contribution in [0.1, 0.15) is 50.5 Å². The highest BCUT2D eigenvalue weighted by Crippen LogP contribution is 2.45. The third kappa shape index (κ3) is 5.74. The molecule has 11 heteroatoms. The highest BCUT2D eigenvalue weighted by Gasteiger charge is 2.43. The van der Waals surface area contributed by atoms with E-state index in [-0.39, 0.29) is 33.5 Å². The van der Waals surface area contributed by atoms with Gasteiger partial charge in [0.25, 0.3) is 0 Å². The molecule has 3 saturated heterocycles. The summed E-state index contributed by atoms with van der Waals surface area (Å²) in [4.78, 5) is 46.8. The summed E-state index contributed by atoms with van der Waals surface area (Å²) in [6, 6.07) is 6.88. The van der Waals surface area contributed by atoms with Crippen LogP contribution in [0.25, 0.3) is 0 Å². The molecule has 9 nitrogen and oxygen atoms in total. The van der Waals surface area contributed by atoms with Gasteiger partial charge in [0, 0.05) is 71.3 Å². The molecule has 3 atom stereocenters. The number of dihydropyridines is 1. The number of esters is 2. The maximum absolute atomic E-state index is 13.6. The number of hydrogen-bond donors (Lipinski definition) is 1. The number of ether oxygens (including phenoxy) is 2. The van der Waals surface area contributed by atoms with Gasteiger partial charge in [0.15, 0.2) is 0 Å². The molecule has 1 aromatic rings. The predicted molar refractivity (Wildman–Crippen MR) is 156 cm³/mol. The summed E-state index contributed by atoms with van der Waals surface area (Å²) >= 11 is 13.2. The van der Waals surface area contributed by atoms with Gasteiger partial charge in [-0.1, -0.05) is 29.3 Å². The molecule has 5 rings (SSSR count). The normalized spacial score (nSPS) is 27.1. The van der Waals surface area contributed by atoms with Crippen molar-refractivity contribution in [2.75, 3.05) is 47.4 Å². The highest BCUT2D eigenvalue weighted by atomic mass is 35.5. The molecule has 4 aliphatic heterocycles. The lowest BCUT2D eigenvalue weighted by atomic mass is 9.79. The van der Waals surface area contributed by atoms with Gasteiger partial charge < -0.3 is 24.6 Å². The zero-order chi connectivity index (χ0) is 29.4. The van der Waals surface area contributed by atoms with Gasteiger partial charge >= 0.3 is 11.9 Å². The molecule has 4 heterocycles. The zero-order valence-electron chi connectivity index (χ0n) is 24.0. The smallest absolute Gasteiger partial charge is 0.336 e. The number of carbonyl (C=O) groups is 3. The minimum Gasteiger partial charge on any atom is -0.466 e. The Labute approximate surface area is 251 Å². The number of carbonyl (C=O) groups excluding carboxylic acids is 3. The standard InChI is InChI=1S/C30H38Cl2N4O5/c1-17-25(29(38)40-3)28(26-21(31)6-5-7-22(26)32)27(30(39)41-4)23(33-17)16-24(37)36-12-10-35(11-13-36)20-14-18-8-9-19(15-20)34(18)2/h5-7,18-20,28,33H,8-16H2,1-4H3. The van der Waals surface area contributed by atoms with E-state index >= 15 is 0 Å². The number of allylic oxidation sites excluding steroid dienone is 1. The second kappa shape index (κ2) is 12.3. The van der Waals surface area contributed by atoms with Crippen LogP contribution in [0.15, 0.2) is 40.7 Å². The molecule has 222 valence electrons. The monoisotopic (exact) mass is 604 g/mol. The van der Waals surface area contributed by atoms with Crippen molar-refractivity contribution < 1.29 is 23.9 Å². The van der Waals surface area contributed by atoms with Crippen LogP contribution >= 0.6 is 23.2 Å². The molecule has 4 aliphatic rings. The highest BCUT2D eigenvalue weighted by molar-refractivity contribution is 6.36. The summed E-state index contributed by atoms with van der Waals surface area (Å²) in [7, 11) is 4.78. The van der Waals surface area contributed by atoms with Crippen molar-refractivity contribution in [1.29, 1.82) is 0 Å². The summed E-state index contributed by atoms with van der Waals surface area (Å²) in [6.45, 7) is 4.63. The van der Waals surface area contributed by atoms with E-state index in [0.717, 1.165) is 13.1 Å². The van der Waals surface area contributed by atoms with Gasteiger partial charge in [-0.3, -0.25) is 9.69 Å². The second-order valence-electron chi connectivity index (χ2n) is 11.4. The number of fused-ring (bicyclic) bond motifs is 2. The summed E-state index contributed by atoms with van der Waals surface area (Å²) in [5, 5.41) is 3.71. The van der Waals surface area contributed by atoms with Crippen LogP contribution in [-0.2, 0) is 23.9 Å².